The van der Waals surface area contributed by atoms with Gasteiger partial charge in [-0.15, -0.1) is 0 Å². The minimum atomic E-state index is -0.212. The number of hydrogen-bond acceptors (Lipinski definition) is 2. The first-order valence-corrected chi connectivity index (χ1v) is 7.78. The first-order chi connectivity index (χ1) is 11.7. The molecule has 0 aliphatic rings. The molecule has 3 heteroatoms. The lowest BCUT2D eigenvalue weighted by atomic mass is 10.0. The van der Waals surface area contributed by atoms with Gasteiger partial charge in [0.05, 0.1) is 6.21 Å². The van der Waals surface area contributed by atoms with Crippen LogP contribution in [0, 0.1) is 0 Å². The van der Waals surface area contributed by atoms with Crippen LogP contribution in [-0.4, -0.2) is 12.1 Å². The van der Waals surface area contributed by atoms with Crippen LogP contribution >= 0.6 is 0 Å². The Morgan fingerprint density at radius 3 is 2.46 bits per heavy atom. The molecule has 1 amide bonds. The summed E-state index contributed by atoms with van der Waals surface area (Å²) in [5, 5.41) is 6.01. The van der Waals surface area contributed by atoms with Gasteiger partial charge in [-0.1, -0.05) is 72.8 Å². The van der Waals surface area contributed by atoms with E-state index in [2.05, 4.69) is 10.5 Å². The summed E-state index contributed by atoms with van der Waals surface area (Å²) in [5.74, 6) is -0.212. The van der Waals surface area contributed by atoms with Gasteiger partial charge in [0.2, 0.25) is 0 Å². The van der Waals surface area contributed by atoms with Crippen LogP contribution in [-0.2, 0) is 0 Å². The van der Waals surface area contributed by atoms with Crippen molar-refractivity contribution in [1.82, 2.24) is 5.43 Å². The molecule has 0 saturated heterocycles. The third-order valence-corrected chi connectivity index (χ3v) is 3.66. The summed E-state index contributed by atoms with van der Waals surface area (Å²) in [6.45, 7) is 1.95. The van der Waals surface area contributed by atoms with E-state index < -0.39 is 0 Å². The van der Waals surface area contributed by atoms with Crippen LogP contribution in [0.15, 0.2) is 83.5 Å². The monoisotopic (exact) mass is 314 g/mol. The topological polar surface area (TPSA) is 41.5 Å². The molecular weight excluding hydrogens is 296 g/mol. The van der Waals surface area contributed by atoms with E-state index in [1.54, 1.807) is 12.3 Å². The summed E-state index contributed by atoms with van der Waals surface area (Å²) in [7, 11) is 0. The number of allylic oxidation sites excluding steroid dienone is 1. The molecule has 0 unspecified atom stereocenters. The summed E-state index contributed by atoms with van der Waals surface area (Å²) >= 11 is 0. The van der Waals surface area contributed by atoms with E-state index in [9.17, 15) is 4.79 Å². The van der Waals surface area contributed by atoms with Crippen molar-refractivity contribution in [2.24, 2.45) is 5.10 Å². The molecule has 0 aliphatic carbocycles. The first-order valence-electron chi connectivity index (χ1n) is 7.78. The zero-order valence-corrected chi connectivity index (χ0v) is 13.4. The van der Waals surface area contributed by atoms with Gasteiger partial charge < -0.3 is 0 Å². The van der Waals surface area contributed by atoms with Crippen molar-refractivity contribution in [2.45, 2.75) is 6.92 Å². The second kappa shape index (κ2) is 7.38. The fraction of sp³-hybridized carbons (Fsp3) is 0.0476. The Hall–Kier alpha value is -3.20. The fourth-order valence-corrected chi connectivity index (χ4v) is 2.53. The van der Waals surface area contributed by atoms with Crippen molar-refractivity contribution in [3.05, 3.63) is 89.5 Å². The molecule has 3 nitrogen and oxygen atoms in total. The maximum Gasteiger partial charge on any atom is 0.271 e. The number of benzene rings is 3. The predicted octanol–water partition coefficient (Wildman–Crippen LogP) is 4.66. The van der Waals surface area contributed by atoms with E-state index in [4.69, 9.17) is 0 Å². The molecule has 3 aromatic carbocycles. The highest BCUT2D eigenvalue weighted by atomic mass is 16.2. The van der Waals surface area contributed by atoms with Gasteiger partial charge in [-0.2, -0.15) is 5.10 Å². The summed E-state index contributed by atoms with van der Waals surface area (Å²) < 4.78 is 0. The van der Waals surface area contributed by atoms with Gasteiger partial charge in [0.25, 0.3) is 5.91 Å². The van der Waals surface area contributed by atoms with E-state index in [0.29, 0.717) is 5.56 Å². The predicted molar refractivity (Wildman–Crippen MR) is 100.0 cm³/mol. The first kappa shape index (κ1) is 15.7. The number of nitrogens with zero attached hydrogens (tertiary/aromatic N) is 1. The van der Waals surface area contributed by atoms with Crippen molar-refractivity contribution in [3.63, 3.8) is 0 Å². The maximum absolute atomic E-state index is 12.4. The molecule has 3 rings (SSSR count). The van der Waals surface area contributed by atoms with Crippen molar-refractivity contribution < 1.29 is 4.79 Å². The molecule has 0 spiro atoms. The lowest BCUT2D eigenvalue weighted by Gasteiger charge is -2.04. The van der Waals surface area contributed by atoms with E-state index >= 15 is 0 Å². The number of amides is 1. The Balaban J connectivity index is 1.72. The normalized spacial score (nSPS) is 11.8. The van der Waals surface area contributed by atoms with Crippen molar-refractivity contribution >= 4 is 29.0 Å². The molecule has 0 atom stereocenters. The third kappa shape index (κ3) is 3.76. The average molecular weight is 314 g/mol. The van der Waals surface area contributed by atoms with E-state index in [1.807, 2.05) is 79.7 Å². The van der Waals surface area contributed by atoms with Crippen molar-refractivity contribution in [1.29, 1.82) is 0 Å². The summed E-state index contributed by atoms with van der Waals surface area (Å²) in [5.41, 5.74) is 5.27. The summed E-state index contributed by atoms with van der Waals surface area (Å²) in [6, 6.07) is 23.5. The lowest BCUT2D eigenvalue weighted by molar-refractivity contribution is 0.0957. The SMILES string of the molecule is CC(/C=N/NC(=O)c1cccc2ccccc12)=C\c1ccccc1. The zero-order valence-electron chi connectivity index (χ0n) is 13.4. The van der Waals surface area contributed by atoms with Crippen LogP contribution in [0.25, 0.3) is 16.8 Å². The van der Waals surface area contributed by atoms with Gasteiger partial charge in [0, 0.05) is 5.56 Å². The van der Waals surface area contributed by atoms with E-state index in [1.165, 1.54) is 0 Å². The van der Waals surface area contributed by atoms with Crippen molar-refractivity contribution in [3.8, 4) is 0 Å². The van der Waals surface area contributed by atoms with Crippen LogP contribution in [0.2, 0.25) is 0 Å². The van der Waals surface area contributed by atoms with Gasteiger partial charge >= 0.3 is 0 Å². The van der Waals surface area contributed by atoms with Gasteiger partial charge in [-0.3, -0.25) is 4.79 Å². The largest absolute Gasteiger partial charge is 0.271 e. The molecule has 24 heavy (non-hydrogen) atoms. The van der Waals surface area contributed by atoms with Gasteiger partial charge in [-0.05, 0) is 34.9 Å². The highest BCUT2D eigenvalue weighted by molar-refractivity contribution is 6.07. The molecule has 0 radical (unpaired) electrons. The van der Waals surface area contributed by atoms with Gasteiger partial charge in [0.1, 0.15) is 0 Å². The third-order valence-electron chi connectivity index (χ3n) is 3.66. The summed E-state index contributed by atoms with van der Waals surface area (Å²) in [6.07, 6.45) is 3.66. The standard InChI is InChI=1S/C21H18N2O/c1-16(14-17-8-3-2-4-9-17)15-22-23-21(24)20-13-7-11-18-10-5-6-12-19(18)20/h2-15H,1H3,(H,23,24)/b16-14+,22-15+. The lowest BCUT2D eigenvalue weighted by Crippen LogP contribution is -2.17. The highest BCUT2D eigenvalue weighted by Crippen LogP contribution is 2.18. The van der Waals surface area contributed by atoms with Crippen molar-refractivity contribution in [2.75, 3.05) is 0 Å². The van der Waals surface area contributed by atoms with Gasteiger partial charge in [0.15, 0.2) is 0 Å². The Bertz CT molecular complexity index is 906. The number of carbonyl (C=O) groups is 1. The molecule has 0 fully saturated rings. The Labute approximate surface area is 141 Å². The quantitative estimate of drug-likeness (QED) is 0.552. The van der Waals surface area contributed by atoms with Crippen LogP contribution in [0.3, 0.4) is 0 Å². The molecule has 3 aromatic rings. The minimum Gasteiger partial charge on any atom is -0.267 e. The smallest absolute Gasteiger partial charge is 0.267 e. The van der Waals surface area contributed by atoms with E-state index in [0.717, 1.165) is 21.9 Å². The number of rotatable bonds is 4. The number of carbonyl (C=O) groups excluding carboxylic acids is 1. The number of hydrazone groups is 1. The van der Waals surface area contributed by atoms with E-state index in [-0.39, 0.29) is 5.91 Å². The molecular formula is C21H18N2O. The number of hydrogen-bond donors (Lipinski definition) is 1. The van der Waals surface area contributed by atoms with Crippen LogP contribution in [0.1, 0.15) is 22.8 Å². The second-order valence-corrected chi connectivity index (χ2v) is 5.52. The molecule has 0 bridgehead atoms. The molecule has 118 valence electrons. The summed E-state index contributed by atoms with van der Waals surface area (Å²) in [4.78, 5) is 12.4. The Morgan fingerprint density at radius 1 is 0.917 bits per heavy atom. The maximum atomic E-state index is 12.4. The van der Waals surface area contributed by atoms with Crippen LogP contribution in [0.4, 0.5) is 0 Å². The van der Waals surface area contributed by atoms with Crippen LogP contribution < -0.4 is 5.43 Å². The molecule has 1 N–H and O–H groups in total. The number of fused-ring (bicyclic) bond motifs is 1. The molecule has 0 heterocycles. The fourth-order valence-electron chi connectivity index (χ4n) is 2.53. The molecule has 0 aliphatic heterocycles. The highest BCUT2D eigenvalue weighted by Gasteiger charge is 2.08. The zero-order chi connectivity index (χ0) is 16.8. The molecule has 0 aromatic heterocycles. The Kier molecular flexibility index (Phi) is 4.82. The van der Waals surface area contributed by atoms with Crippen LogP contribution in [0.5, 0.6) is 0 Å². The molecule has 0 saturated carbocycles. The second-order valence-electron chi connectivity index (χ2n) is 5.52. The Morgan fingerprint density at radius 2 is 1.62 bits per heavy atom. The minimum absolute atomic E-state index is 0.212. The average Bonchev–Trinajstić information content (AvgIpc) is 2.62. The van der Waals surface area contributed by atoms with Gasteiger partial charge in [-0.25, -0.2) is 5.43 Å². The number of nitrogens with one attached hydrogen (secondary N) is 1.